The fourth-order valence-electron chi connectivity index (χ4n) is 1.46. The van der Waals surface area contributed by atoms with Crippen molar-refractivity contribution in [3.8, 4) is 5.75 Å². The van der Waals surface area contributed by atoms with E-state index >= 15 is 0 Å². The number of ether oxygens (including phenoxy) is 1. The maximum Gasteiger partial charge on any atom is 0.134 e. The van der Waals surface area contributed by atoms with E-state index in [1.807, 2.05) is 32.0 Å². The van der Waals surface area contributed by atoms with Gasteiger partial charge in [-0.1, -0.05) is 12.1 Å². The molecule has 0 aromatic heterocycles. The van der Waals surface area contributed by atoms with E-state index in [0.29, 0.717) is 12.3 Å². The molecular weight excluding hydrogens is 270 g/mol. The Morgan fingerprint density at radius 2 is 2.25 bits per heavy atom. The van der Waals surface area contributed by atoms with Crippen LogP contribution >= 0.6 is 15.9 Å². The Morgan fingerprint density at radius 3 is 2.94 bits per heavy atom. The maximum absolute atomic E-state index is 9.75. The van der Waals surface area contributed by atoms with E-state index in [2.05, 4.69) is 21.2 Å². The zero-order valence-electron chi connectivity index (χ0n) is 9.66. The summed E-state index contributed by atoms with van der Waals surface area (Å²) >= 11 is 3.29. The van der Waals surface area contributed by atoms with Gasteiger partial charge >= 0.3 is 0 Å². The molecule has 0 aliphatic heterocycles. The molecular formula is C12H18BrNO2. The summed E-state index contributed by atoms with van der Waals surface area (Å²) in [5.74, 6) is 0.305. The highest BCUT2D eigenvalue weighted by atomic mass is 79.9. The van der Waals surface area contributed by atoms with Crippen LogP contribution in [0.2, 0.25) is 0 Å². The lowest BCUT2D eigenvalue weighted by Gasteiger charge is -2.13. The van der Waals surface area contributed by atoms with E-state index in [9.17, 15) is 5.11 Å². The molecule has 1 atom stereocenters. The van der Waals surface area contributed by atoms with Gasteiger partial charge in [0.25, 0.3) is 0 Å². The average molecular weight is 288 g/mol. The summed E-state index contributed by atoms with van der Waals surface area (Å²) in [4.78, 5) is 0. The first-order valence-electron chi connectivity index (χ1n) is 5.43. The largest absolute Gasteiger partial charge is 0.506 e. The molecule has 16 heavy (non-hydrogen) atoms. The molecule has 0 aliphatic rings. The number of para-hydroxylation sites is 1. The SMILES string of the molecule is CCOC(C)CNCc1cccc(Br)c1O. The average Bonchev–Trinajstić information content (AvgIpc) is 2.25. The van der Waals surface area contributed by atoms with E-state index in [1.54, 1.807) is 0 Å². The Labute approximate surface area is 105 Å². The Bertz CT molecular complexity index is 331. The van der Waals surface area contributed by atoms with Crippen LogP contribution in [-0.4, -0.2) is 24.4 Å². The Balaban J connectivity index is 2.40. The molecule has 1 aromatic rings. The highest BCUT2D eigenvalue weighted by Crippen LogP contribution is 2.27. The molecule has 0 bridgehead atoms. The summed E-state index contributed by atoms with van der Waals surface area (Å²) in [6.07, 6.45) is 0.194. The minimum atomic E-state index is 0.194. The predicted molar refractivity (Wildman–Crippen MR) is 68.6 cm³/mol. The van der Waals surface area contributed by atoms with Crippen LogP contribution in [-0.2, 0) is 11.3 Å². The van der Waals surface area contributed by atoms with Gasteiger partial charge in [0.2, 0.25) is 0 Å². The van der Waals surface area contributed by atoms with Gasteiger partial charge in [0, 0.05) is 25.3 Å². The fraction of sp³-hybridized carbons (Fsp3) is 0.500. The molecule has 0 fully saturated rings. The first kappa shape index (κ1) is 13.5. The zero-order valence-corrected chi connectivity index (χ0v) is 11.3. The molecule has 0 heterocycles. The highest BCUT2D eigenvalue weighted by molar-refractivity contribution is 9.10. The monoisotopic (exact) mass is 287 g/mol. The van der Waals surface area contributed by atoms with Gasteiger partial charge in [0.05, 0.1) is 10.6 Å². The predicted octanol–water partition coefficient (Wildman–Crippen LogP) is 2.67. The van der Waals surface area contributed by atoms with Crippen molar-refractivity contribution in [2.24, 2.45) is 0 Å². The summed E-state index contributed by atoms with van der Waals surface area (Å²) in [6, 6.07) is 5.63. The molecule has 3 nitrogen and oxygen atoms in total. The second-order valence-electron chi connectivity index (χ2n) is 3.64. The molecule has 0 saturated heterocycles. The number of aromatic hydroxyl groups is 1. The third-order valence-corrected chi connectivity index (χ3v) is 2.91. The lowest BCUT2D eigenvalue weighted by atomic mass is 10.2. The number of nitrogens with one attached hydrogen (secondary N) is 1. The first-order chi connectivity index (χ1) is 7.65. The number of phenols is 1. The van der Waals surface area contributed by atoms with Crippen molar-refractivity contribution in [2.75, 3.05) is 13.2 Å². The first-order valence-corrected chi connectivity index (χ1v) is 6.23. The molecule has 0 spiro atoms. The van der Waals surface area contributed by atoms with Gasteiger partial charge in [-0.25, -0.2) is 0 Å². The van der Waals surface area contributed by atoms with Gasteiger partial charge in [-0.05, 0) is 35.8 Å². The van der Waals surface area contributed by atoms with E-state index in [4.69, 9.17) is 4.74 Å². The molecule has 2 N–H and O–H groups in total. The van der Waals surface area contributed by atoms with Crippen LogP contribution in [0.3, 0.4) is 0 Å². The lowest BCUT2D eigenvalue weighted by Crippen LogP contribution is -2.26. The van der Waals surface area contributed by atoms with E-state index in [-0.39, 0.29) is 6.10 Å². The summed E-state index contributed by atoms with van der Waals surface area (Å²) in [5, 5.41) is 13.0. The topological polar surface area (TPSA) is 41.5 Å². The number of hydrogen-bond donors (Lipinski definition) is 2. The van der Waals surface area contributed by atoms with Crippen molar-refractivity contribution in [1.82, 2.24) is 5.32 Å². The second-order valence-corrected chi connectivity index (χ2v) is 4.50. The fourth-order valence-corrected chi connectivity index (χ4v) is 1.86. The molecule has 0 saturated carbocycles. The third-order valence-electron chi connectivity index (χ3n) is 2.27. The van der Waals surface area contributed by atoms with Crippen molar-refractivity contribution >= 4 is 15.9 Å². The van der Waals surface area contributed by atoms with Crippen LogP contribution in [0.1, 0.15) is 19.4 Å². The summed E-state index contributed by atoms with van der Waals surface area (Å²) < 4.78 is 6.13. The zero-order chi connectivity index (χ0) is 12.0. The van der Waals surface area contributed by atoms with Crippen molar-refractivity contribution in [3.05, 3.63) is 28.2 Å². The molecule has 1 rings (SSSR count). The Hall–Kier alpha value is -0.580. The lowest BCUT2D eigenvalue weighted by molar-refractivity contribution is 0.0759. The number of benzene rings is 1. The normalized spacial score (nSPS) is 12.7. The van der Waals surface area contributed by atoms with Gasteiger partial charge in [-0.2, -0.15) is 0 Å². The standard InChI is InChI=1S/C12H18BrNO2/c1-3-16-9(2)7-14-8-10-5-4-6-11(13)12(10)15/h4-6,9,14-15H,3,7-8H2,1-2H3. The van der Waals surface area contributed by atoms with Crippen molar-refractivity contribution in [1.29, 1.82) is 0 Å². The van der Waals surface area contributed by atoms with Crippen LogP contribution in [0.15, 0.2) is 22.7 Å². The number of hydrogen-bond acceptors (Lipinski definition) is 3. The molecule has 0 radical (unpaired) electrons. The Kier molecular flexibility index (Phi) is 5.80. The Morgan fingerprint density at radius 1 is 1.50 bits per heavy atom. The van der Waals surface area contributed by atoms with Crippen LogP contribution in [0.4, 0.5) is 0 Å². The summed E-state index contributed by atoms with van der Waals surface area (Å²) in [5.41, 5.74) is 0.887. The van der Waals surface area contributed by atoms with Crippen molar-refractivity contribution in [3.63, 3.8) is 0 Å². The maximum atomic E-state index is 9.75. The van der Waals surface area contributed by atoms with E-state index in [0.717, 1.165) is 23.2 Å². The van der Waals surface area contributed by atoms with Gasteiger partial charge in [0.15, 0.2) is 0 Å². The summed E-state index contributed by atoms with van der Waals surface area (Å²) in [7, 11) is 0. The van der Waals surface area contributed by atoms with Gasteiger partial charge in [0.1, 0.15) is 5.75 Å². The number of phenolic OH excluding ortho intramolecular Hbond substituents is 1. The van der Waals surface area contributed by atoms with E-state index < -0.39 is 0 Å². The van der Waals surface area contributed by atoms with Crippen LogP contribution in [0, 0.1) is 0 Å². The van der Waals surface area contributed by atoms with Crippen LogP contribution in [0.5, 0.6) is 5.75 Å². The minimum absolute atomic E-state index is 0.194. The molecule has 0 amide bonds. The quantitative estimate of drug-likeness (QED) is 0.845. The van der Waals surface area contributed by atoms with E-state index in [1.165, 1.54) is 0 Å². The number of halogens is 1. The molecule has 0 aliphatic carbocycles. The molecule has 1 unspecified atom stereocenters. The van der Waals surface area contributed by atoms with Gasteiger partial charge in [-0.3, -0.25) is 0 Å². The van der Waals surface area contributed by atoms with Gasteiger partial charge in [-0.15, -0.1) is 0 Å². The van der Waals surface area contributed by atoms with Crippen LogP contribution < -0.4 is 5.32 Å². The molecule has 4 heteroatoms. The van der Waals surface area contributed by atoms with Gasteiger partial charge < -0.3 is 15.2 Å². The smallest absolute Gasteiger partial charge is 0.134 e. The molecule has 90 valence electrons. The third kappa shape index (κ3) is 4.12. The molecule has 1 aromatic carbocycles. The summed E-state index contributed by atoms with van der Waals surface area (Å²) in [6.45, 7) is 6.15. The second kappa shape index (κ2) is 6.89. The van der Waals surface area contributed by atoms with Crippen molar-refractivity contribution in [2.45, 2.75) is 26.5 Å². The number of rotatable bonds is 6. The van der Waals surface area contributed by atoms with Crippen LogP contribution in [0.25, 0.3) is 0 Å². The van der Waals surface area contributed by atoms with Crippen molar-refractivity contribution < 1.29 is 9.84 Å². The highest BCUT2D eigenvalue weighted by Gasteiger charge is 2.05. The minimum Gasteiger partial charge on any atom is -0.506 e.